The van der Waals surface area contributed by atoms with Crippen molar-refractivity contribution in [2.45, 2.75) is 0 Å². The van der Waals surface area contributed by atoms with Gasteiger partial charge in [-0.25, -0.2) is 4.79 Å². The number of carbonyl (C=O) groups is 2. The zero-order chi connectivity index (χ0) is 18.5. The SMILES string of the molecule is O=C(OCC(=O)N1CCN(c2cccc(Cl)c2)CC1)c1ccccc1Cl. The summed E-state index contributed by atoms with van der Waals surface area (Å²) >= 11 is 12.0. The lowest BCUT2D eigenvalue weighted by Gasteiger charge is -2.36. The zero-order valence-electron chi connectivity index (χ0n) is 14.0. The first-order valence-electron chi connectivity index (χ1n) is 8.24. The molecular formula is C19H18Cl2N2O3. The van der Waals surface area contributed by atoms with Gasteiger partial charge in [0.2, 0.25) is 0 Å². The van der Waals surface area contributed by atoms with Gasteiger partial charge in [0.05, 0.1) is 10.6 Å². The summed E-state index contributed by atoms with van der Waals surface area (Å²) in [5.41, 5.74) is 1.29. The molecule has 0 spiro atoms. The Morgan fingerprint density at radius 2 is 1.69 bits per heavy atom. The van der Waals surface area contributed by atoms with Crippen molar-refractivity contribution in [3.05, 3.63) is 64.1 Å². The van der Waals surface area contributed by atoms with E-state index in [1.165, 1.54) is 0 Å². The number of hydrogen-bond acceptors (Lipinski definition) is 4. The van der Waals surface area contributed by atoms with Crippen molar-refractivity contribution in [3.63, 3.8) is 0 Å². The zero-order valence-corrected chi connectivity index (χ0v) is 15.5. The minimum absolute atomic E-state index is 0.212. The molecule has 5 nitrogen and oxygen atoms in total. The summed E-state index contributed by atoms with van der Waals surface area (Å²) in [4.78, 5) is 28.2. The number of halogens is 2. The highest BCUT2D eigenvalue weighted by atomic mass is 35.5. The monoisotopic (exact) mass is 392 g/mol. The second-order valence-electron chi connectivity index (χ2n) is 5.90. The molecule has 1 heterocycles. The maximum Gasteiger partial charge on any atom is 0.340 e. The van der Waals surface area contributed by atoms with Gasteiger partial charge in [0.15, 0.2) is 6.61 Å². The van der Waals surface area contributed by atoms with Crippen molar-refractivity contribution < 1.29 is 14.3 Å². The Labute approximate surface area is 162 Å². The summed E-state index contributed by atoms with van der Waals surface area (Å²) in [6.45, 7) is 2.24. The van der Waals surface area contributed by atoms with Gasteiger partial charge in [-0.05, 0) is 30.3 Å². The Kier molecular flexibility index (Phi) is 6.01. The number of amides is 1. The van der Waals surface area contributed by atoms with Crippen molar-refractivity contribution in [1.82, 2.24) is 4.90 Å². The van der Waals surface area contributed by atoms with Crippen LogP contribution in [0, 0.1) is 0 Å². The lowest BCUT2D eigenvalue weighted by Crippen LogP contribution is -2.49. The molecule has 1 aliphatic rings. The summed E-state index contributed by atoms with van der Waals surface area (Å²) in [5, 5.41) is 0.993. The van der Waals surface area contributed by atoms with E-state index >= 15 is 0 Å². The molecule has 1 aliphatic heterocycles. The van der Waals surface area contributed by atoms with E-state index < -0.39 is 5.97 Å². The third kappa shape index (κ3) is 4.48. The first kappa shape index (κ1) is 18.5. The maximum absolute atomic E-state index is 12.3. The highest BCUT2D eigenvalue weighted by molar-refractivity contribution is 6.33. The minimum atomic E-state index is -0.596. The molecule has 0 saturated carbocycles. The number of benzene rings is 2. The third-order valence-electron chi connectivity index (χ3n) is 4.23. The topological polar surface area (TPSA) is 49.9 Å². The van der Waals surface area contributed by atoms with Gasteiger partial charge in [-0.3, -0.25) is 4.79 Å². The Morgan fingerprint density at radius 3 is 2.38 bits per heavy atom. The van der Waals surface area contributed by atoms with E-state index in [1.807, 2.05) is 24.3 Å². The van der Waals surface area contributed by atoms with Crippen molar-refractivity contribution in [2.75, 3.05) is 37.7 Å². The van der Waals surface area contributed by atoms with Crippen LogP contribution in [0.25, 0.3) is 0 Å². The molecule has 1 saturated heterocycles. The summed E-state index contributed by atoms with van der Waals surface area (Å²) in [7, 11) is 0. The summed E-state index contributed by atoms with van der Waals surface area (Å²) < 4.78 is 5.11. The van der Waals surface area contributed by atoms with Crippen LogP contribution < -0.4 is 4.90 Å². The van der Waals surface area contributed by atoms with E-state index in [1.54, 1.807) is 29.2 Å². The average Bonchev–Trinajstić information content (AvgIpc) is 2.66. The summed E-state index contributed by atoms with van der Waals surface area (Å²) in [5.74, 6) is -0.808. The third-order valence-corrected chi connectivity index (χ3v) is 4.79. The fourth-order valence-electron chi connectivity index (χ4n) is 2.81. The van der Waals surface area contributed by atoms with Crippen LogP contribution in [0.3, 0.4) is 0 Å². The molecule has 0 radical (unpaired) electrons. The number of hydrogen-bond donors (Lipinski definition) is 0. The highest BCUT2D eigenvalue weighted by Gasteiger charge is 2.23. The number of carbonyl (C=O) groups excluding carboxylic acids is 2. The van der Waals surface area contributed by atoms with E-state index in [0.29, 0.717) is 36.2 Å². The van der Waals surface area contributed by atoms with Gasteiger partial charge in [-0.15, -0.1) is 0 Å². The molecule has 2 aromatic carbocycles. The van der Waals surface area contributed by atoms with Crippen LogP contribution in [0.4, 0.5) is 5.69 Å². The fourth-order valence-corrected chi connectivity index (χ4v) is 3.21. The minimum Gasteiger partial charge on any atom is -0.452 e. The molecular weight excluding hydrogens is 375 g/mol. The van der Waals surface area contributed by atoms with Crippen molar-refractivity contribution in [3.8, 4) is 0 Å². The fraction of sp³-hybridized carbons (Fsp3) is 0.263. The van der Waals surface area contributed by atoms with Gasteiger partial charge in [-0.2, -0.15) is 0 Å². The van der Waals surface area contributed by atoms with Crippen LogP contribution in [0.1, 0.15) is 10.4 Å². The lowest BCUT2D eigenvalue weighted by molar-refractivity contribution is -0.134. The number of anilines is 1. The number of rotatable bonds is 4. The van der Waals surface area contributed by atoms with E-state index in [2.05, 4.69) is 4.90 Å². The largest absolute Gasteiger partial charge is 0.452 e. The second kappa shape index (κ2) is 8.43. The van der Waals surface area contributed by atoms with E-state index in [9.17, 15) is 9.59 Å². The van der Waals surface area contributed by atoms with Crippen LogP contribution in [0.2, 0.25) is 10.0 Å². The quantitative estimate of drug-likeness (QED) is 0.747. The maximum atomic E-state index is 12.3. The molecule has 1 fully saturated rings. The first-order valence-corrected chi connectivity index (χ1v) is 9.00. The van der Waals surface area contributed by atoms with Gasteiger partial charge < -0.3 is 14.5 Å². The molecule has 136 valence electrons. The van der Waals surface area contributed by atoms with Crippen LogP contribution >= 0.6 is 23.2 Å². The Balaban J connectivity index is 1.49. The van der Waals surface area contributed by atoms with Gasteiger partial charge in [0, 0.05) is 36.9 Å². The molecule has 1 amide bonds. The summed E-state index contributed by atoms with van der Waals surface area (Å²) in [6, 6.07) is 14.2. The summed E-state index contributed by atoms with van der Waals surface area (Å²) in [6.07, 6.45) is 0. The Morgan fingerprint density at radius 1 is 0.962 bits per heavy atom. The molecule has 0 bridgehead atoms. The van der Waals surface area contributed by atoms with Gasteiger partial charge in [-0.1, -0.05) is 41.4 Å². The number of piperazine rings is 1. The van der Waals surface area contributed by atoms with Crippen LogP contribution in [-0.2, 0) is 9.53 Å². The van der Waals surface area contributed by atoms with E-state index in [-0.39, 0.29) is 18.1 Å². The predicted octanol–water partition coefficient (Wildman–Crippen LogP) is 3.50. The van der Waals surface area contributed by atoms with E-state index in [4.69, 9.17) is 27.9 Å². The molecule has 3 rings (SSSR count). The number of ether oxygens (including phenoxy) is 1. The second-order valence-corrected chi connectivity index (χ2v) is 6.75. The van der Waals surface area contributed by atoms with Gasteiger partial charge in [0.25, 0.3) is 5.91 Å². The number of nitrogens with zero attached hydrogens (tertiary/aromatic N) is 2. The molecule has 0 unspecified atom stereocenters. The van der Waals surface area contributed by atoms with Crippen LogP contribution in [0.5, 0.6) is 0 Å². The average molecular weight is 393 g/mol. The van der Waals surface area contributed by atoms with E-state index in [0.717, 1.165) is 5.69 Å². The Hall–Kier alpha value is -2.24. The molecule has 0 aliphatic carbocycles. The molecule has 0 atom stereocenters. The molecule has 0 N–H and O–H groups in total. The predicted molar refractivity (Wildman–Crippen MR) is 102 cm³/mol. The molecule has 2 aromatic rings. The highest BCUT2D eigenvalue weighted by Crippen LogP contribution is 2.21. The van der Waals surface area contributed by atoms with Crippen LogP contribution in [-0.4, -0.2) is 49.6 Å². The molecule has 26 heavy (non-hydrogen) atoms. The first-order chi connectivity index (χ1) is 12.5. The van der Waals surface area contributed by atoms with Crippen molar-refractivity contribution in [2.24, 2.45) is 0 Å². The van der Waals surface area contributed by atoms with Crippen LogP contribution in [0.15, 0.2) is 48.5 Å². The smallest absolute Gasteiger partial charge is 0.340 e. The number of esters is 1. The van der Waals surface area contributed by atoms with Gasteiger partial charge >= 0.3 is 5.97 Å². The van der Waals surface area contributed by atoms with Crippen molar-refractivity contribution >= 4 is 40.8 Å². The lowest BCUT2D eigenvalue weighted by atomic mass is 10.2. The standard InChI is InChI=1S/C19H18Cl2N2O3/c20-14-4-3-5-15(12-14)22-8-10-23(11-9-22)18(24)13-26-19(25)16-6-1-2-7-17(16)21/h1-7,12H,8-11,13H2. The van der Waals surface area contributed by atoms with Crippen molar-refractivity contribution in [1.29, 1.82) is 0 Å². The molecule has 0 aromatic heterocycles. The Bertz CT molecular complexity index is 805. The normalized spacial score (nSPS) is 14.2. The molecule has 7 heteroatoms. The van der Waals surface area contributed by atoms with Gasteiger partial charge in [0.1, 0.15) is 0 Å².